The zero-order valence-corrected chi connectivity index (χ0v) is 10.9. The van der Waals surface area contributed by atoms with Crippen molar-refractivity contribution in [3.05, 3.63) is 59.2 Å². The summed E-state index contributed by atoms with van der Waals surface area (Å²) >= 11 is 0. The van der Waals surface area contributed by atoms with Gasteiger partial charge >= 0.3 is 6.18 Å². The lowest BCUT2D eigenvalue weighted by Crippen LogP contribution is -2.08. The molecule has 0 atom stereocenters. The van der Waals surface area contributed by atoms with Crippen molar-refractivity contribution < 1.29 is 28.1 Å². The van der Waals surface area contributed by atoms with Crippen molar-refractivity contribution in [3.8, 4) is 11.5 Å². The van der Waals surface area contributed by atoms with Gasteiger partial charge in [-0.1, -0.05) is 18.2 Å². The third-order valence-electron chi connectivity index (χ3n) is 2.87. The van der Waals surface area contributed by atoms with Gasteiger partial charge in [0.15, 0.2) is 0 Å². The molecule has 0 heterocycles. The van der Waals surface area contributed by atoms with Crippen LogP contribution >= 0.6 is 0 Å². The molecule has 2 N–H and O–H groups in total. The maximum Gasteiger partial charge on any atom is 0.419 e. The highest BCUT2D eigenvalue weighted by molar-refractivity contribution is 5.42. The quantitative estimate of drug-likeness (QED) is 0.908. The van der Waals surface area contributed by atoms with Crippen molar-refractivity contribution in [3.63, 3.8) is 0 Å². The van der Waals surface area contributed by atoms with Gasteiger partial charge in [0.25, 0.3) is 0 Å². The van der Waals surface area contributed by atoms with Gasteiger partial charge in [-0.25, -0.2) is 0 Å². The molecule has 2 aromatic carbocycles. The Morgan fingerprint density at radius 2 is 1.43 bits per heavy atom. The summed E-state index contributed by atoms with van der Waals surface area (Å²) in [7, 11) is 0. The van der Waals surface area contributed by atoms with Crippen LogP contribution in [0.15, 0.2) is 42.5 Å². The third-order valence-corrected chi connectivity index (χ3v) is 2.87. The number of benzene rings is 2. The van der Waals surface area contributed by atoms with Gasteiger partial charge in [0.2, 0.25) is 0 Å². The summed E-state index contributed by atoms with van der Waals surface area (Å²) < 4.78 is 44.2. The van der Waals surface area contributed by atoms with E-state index in [-0.39, 0.29) is 23.7 Å². The van der Waals surface area contributed by atoms with E-state index in [1.807, 2.05) is 0 Å². The lowest BCUT2D eigenvalue weighted by Gasteiger charge is -2.15. The van der Waals surface area contributed by atoms with Crippen molar-refractivity contribution in [1.82, 2.24) is 0 Å². The number of ether oxygens (including phenoxy) is 1. The zero-order chi connectivity index (χ0) is 15.5. The van der Waals surface area contributed by atoms with Crippen LogP contribution in [0.1, 0.15) is 16.7 Å². The predicted octanol–water partition coefficient (Wildman–Crippen LogP) is 3.48. The molecule has 0 aliphatic rings. The lowest BCUT2D eigenvalue weighted by atomic mass is 10.1. The number of halogens is 3. The van der Waals surface area contributed by atoms with Crippen LogP contribution in [0.4, 0.5) is 13.2 Å². The van der Waals surface area contributed by atoms with Crippen molar-refractivity contribution >= 4 is 0 Å². The van der Waals surface area contributed by atoms with Crippen LogP contribution in [0.2, 0.25) is 0 Å². The Bertz CT molecular complexity index is 607. The molecular formula is C15H13F3O3. The van der Waals surface area contributed by atoms with Gasteiger partial charge in [-0.2, -0.15) is 13.2 Å². The van der Waals surface area contributed by atoms with Crippen molar-refractivity contribution in [2.24, 2.45) is 0 Å². The van der Waals surface area contributed by atoms with Crippen LogP contribution in [0, 0.1) is 0 Å². The zero-order valence-electron chi connectivity index (χ0n) is 10.9. The molecule has 0 spiro atoms. The fourth-order valence-corrected chi connectivity index (χ4v) is 1.78. The molecular weight excluding hydrogens is 285 g/mol. The predicted molar refractivity (Wildman–Crippen MR) is 69.8 cm³/mol. The summed E-state index contributed by atoms with van der Waals surface area (Å²) in [6.07, 6.45) is -4.58. The fourth-order valence-electron chi connectivity index (χ4n) is 1.78. The molecule has 2 rings (SSSR count). The molecule has 0 saturated carbocycles. The highest BCUT2D eigenvalue weighted by Crippen LogP contribution is 2.38. The summed E-state index contributed by atoms with van der Waals surface area (Å²) in [4.78, 5) is 0. The molecule has 0 aliphatic carbocycles. The van der Waals surface area contributed by atoms with E-state index in [0.29, 0.717) is 5.56 Å². The van der Waals surface area contributed by atoms with Crippen molar-refractivity contribution in [1.29, 1.82) is 0 Å². The SMILES string of the molecule is OCc1ccc(Oc2ccc(CO)cc2C(F)(F)F)cc1. The van der Waals surface area contributed by atoms with Crippen LogP contribution in [-0.2, 0) is 19.4 Å². The first kappa shape index (κ1) is 15.3. The number of aliphatic hydroxyl groups is 2. The maximum absolute atomic E-state index is 13.0. The molecule has 3 nitrogen and oxygen atoms in total. The van der Waals surface area contributed by atoms with E-state index in [9.17, 15) is 13.2 Å². The Morgan fingerprint density at radius 1 is 0.857 bits per heavy atom. The summed E-state index contributed by atoms with van der Waals surface area (Å²) in [5.41, 5.74) is -0.153. The summed E-state index contributed by atoms with van der Waals surface area (Å²) in [5.74, 6) is -0.106. The molecule has 0 aromatic heterocycles. The fraction of sp³-hybridized carbons (Fsp3) is 0.200. The smallest absolute Gasteiger partial charge is 0.419 e. The number of aliphatic hydroxyl groups excluding tert-OH is 2. The average molecular weight is 298 g/mol. The van der Waals surface area contributed by atoms with Crippen LogP contribution in [0.25, 0.3) is 0 Å². The molecule has 6 heteroatoms. The number of rotatable bonds is 4. The molecule has 0 radical (unpaired) electrons. The van der Waals surface area contributed by atoms with Gasteiger partial charge in [-0.05, 0) is 35.4 Å². The summed E-state index contributed by atoms with van der Waals surface area (Å²) in [6.45, 7) is -0.631. The van der Waals surface area contributed by atoms with E-state index in [1.54, 1.807) is 12.1 Å². The second-order valence-corrected chi connectivity index (χ2v) is 4.39. The average Bonchev–Trinajstić information content (AvgIpc) is 2.47. The third kappa shape index (κ3) is 3.74. The first-order valence-electron chi connectivity index (χ1n) is 6.12. The van der Waals surface area contributed by atoms with E-state index < -0.39 is 18.3 Å². The van der Waals surface area contributed by atoms with E-state index in [0.717, 1.165) is 6.07 Å². The van der Waals surface area contributed by atoms with Crippen LogP contribution < -0.4 is 4.74 Å². The Hall–Kier alpha value is -2.05. The van der Waals surface area contributed by atoms with Crippen molar-refractivity contribution in [2.45, 2.75) is 19.4 Å². The van der Waals surface area contributed by atoms with Gasteiger partial charge in [0.05, 0.1) is 18.8 Å². The minimum absolute atomic E-state index is 0.153. The van der Waals surface area contributed by atoms with E-state index in [1.165, 1.54) is 24.3 Å². The summed E-state index contributed by atoms with van der Waals surface area (Å²) in [6, 6.07) is 9.48. The van der Waals surface area contributed by atoms with Gasteiger partial charge in [-0.15, -0.1) is 0 Å². The van der Waals surface area contributed by atoms with Gasteiger partial charge in [0, 0.05) is 0 Å². The second kappa shape index (κ2) is 6.15. The monoisotopic (exact) mass is 298 g/mol. The van der Waals surface area contributed by atoms with Gasteiger partial charge in [-0.3, -0.25) is 0 Å². The Labute approximate surface area is 119 Å². The first-order chi connectivity index (χ1) is 9.94. The molecule has 0 aliphatic heterocycles. The number of hydrogen-bond donors (Lipinski definition) is 2. The largest absolute Gasteiger partial charge is 0.457 e. The van der Waals surface area contributed by atoms with Crippen LogP contribution in [0.3, 0.4) is 0 Å². The second-order valence-electron chi connectivity index (χ2n) is 4.39. The highest BCUT2D eigenvalue weighted by atomic mass is 19.4. The molecule has 0 unspecified atom stereocenters. The number of alkyl halides is 3. The standard InChI is InChI=1S/C15H13F3O3/c16-15(17,18)13-7-11(9-20)3-6-14(13)21-12-4-1-10(8-19)2-5-12/h1-7,19-20H,8-9H2. The molecule has 0 fully saturated rings. The van der Waals surface area contributed by atoms with Gasteiger partial charge in [0.1, 0.15) is 11.5 Å². The van der Waals surface area contributed by atoms with Crippen molar-refractivity contribution in [2.75, 3.05) is 0 Å². The molecule has 112 valence electrons. The molecule has 0 saturated heterocycles. The number of hydrogen-bond acceptors (Lipinski definition) is 3. The van der Waals surface area contributed by atoms with E-state index >= 15 is 0 Å². The minimum atomic E-state index is -4.58. The normalized spacial score (nSPS) is 11.5. The minimum Gasteiger partial charge on any atom is -0.457 e. The molecule has 0 amide bonds. The molecule has 21 heavy (non-hydrogen) atoms. The van der Waals surface area contributed by atoms with Crippen LogP contribution in [-0.4, -0.2) is 10.2 Å². The Balaban J connectivity index is 2.34. The molecule has 0 bridgehead atoms. The highest BCUT2D eigenvalue weighted by Gasteiger charge is 2.34. The van der Waals surface area contributed by atoms with E-state index in [2.05, 4.69) is 0 Å². The van der Waals surface area contributed by atoms with E-state index in [4.69, 9.17) is 14.9 Å². The first-order valence-corrected chi connectivity index (χ1v) is 6.12. The van der Waals surface area contributed by atoms with Crippen LogP contribution in [0.5, 0.6) is 11.5 Å². The Kier molecular flexibility index (Phi) is 4.50. The topological polar surface area (TPSA) is 49.7 Å². The summed E-state index contributed by atoms with van der Waals surface area (Å²) in [5, 5.41) is 17.8. The molecule has 2 aromatic rings. The van der Waals surface area contributed by atoms with Gasteiger partial charge < -0.3 is 14.9 Å². The Morgan fingerprint density at radius 3 is 1.95 bits per heavy atom. The maximum atomic E-state index is 13.0. The lowest BCUT2D eigenvalue weighted by molar-refractivity contribution is -0.138.